The Kier molecular flexibility index (Phi) is 8.02. The highest BCUT2D eigenvalue weighted by Gasteiger charge is 2.15. The van der Waals surface area contributed by atoms with Gasteiger partial charge in [0, 0.05) is 5.56 Å². The van der Waals surface area contributed by atoms with Gasteiger partial charge in [0.1, 0.15) is 11.5 Å². The maximum atomic E-state index is 12.6. The predicted octanol–water partition coefficient (Wildman–Crippen LogP) is 6.54. The van der Waals surface area contributed by atoms with E-state index in [4.69, 9.17) is 0 Å². The molecule has 0 saturated heterocycles. The minimum Gasteiger partial charge on any atom is -0.508 e. The van der Waals surface area contributed by atoms with Crippen molar-refractivity contribution in [2.45, 2.75) is 47.0 Å². The van der Waals surface area contributed by atoms with Crippen LogP contribution >= 0.6 is 0 Å². The Hall–Kier alpha value is -3.07. The van der Waals surface area contributed by atoms with Crippen molar-refractivity contribution in [3.8, 4) is 11.5 Å². The maximum absolute atomic E-state index is 12.6. The maximum Gasteiger partial charge on any atom is 0.189 e. The van der Waals surface area contributed by atoms with Crippen molar-refractivity contribution < 1.29 is 15.0 Å². The number of carbonyl (C=O) groups excluding carboxylic acids is 1. The minimum atomic E-state index is -0.298. The van der Waals surface area contributed by atoms with Gasteiger partial charge in [0.05, 0.1) is 5.56 Å². The average Bonchev–Trinajstić information content (AvgIpc) is 2.67. The topological polar surface area (TPSA) is 57.5 Å². The quantitative estimate of drug-likeness (QED) is 0.306. The number of phenolic OH excluding ortho intramolecular Hbond substituents is 2. The second kappa shape index (κ2) is 10.5. The number of ketones is 1. The second-order valence-corrected chi connectivity index (χ2v) is 7.64. The molecule has 0 aliphatic rings. The highest BCUT2D eigenvalue weighted by molar-refractivity contribution is 6.09. The highest BCUT2D eigenvalue weighted by Crippen LogP contribution is 2.32. The van der Waals surface area contributed by atoms with Crippen molar-refractivity contribution in [1.82, 2.24) is 0 Å². The van der Waals surface area contributed by atoms with E-state index in [2.05, 4.69) is 19.9 Å². The monoisotopic (exact) mass is 390 g/mol. The Labute approximate surface area is 173 Å². The Morgan fingerprint density at radius 2 is 1.66 bits per heavy atom. The number of phenols is 2. The largest absolute Gasteiger partial charge is 0.508 e. The zero-order valence-corrected chi connectivity index (χ0v) is 17.7. The number of aromatic hydroxyl groups is 2. The van der Waals surface area contributed by atoms with E-state index < -0.39 is 0 Å². The lowest BCUT2D eigenvalue weighted by atomic mass is 9.99. The number of allylic oxidation sites excluding steroid dienone is 5. The van der Waals surface area contributed by atoms with Crippen LogP contribution in [0.4, 0.5) is 0 Å². The van der Waals surface area contributed by atoms with E-state index in [9.17, 15) is 15.0 Å². The molecule has 0 radical (unpaired) electrons. The second-order valence-electron chi connectivity index (χ2n) is 7.64. The summed E-state index contributed by atoms with van der Waals surface area (Å²) < 4.78 is 0. The zero-order valence-electron chi connectivity index (χ0n) is 17.7. The highest BCUT2D eigenvalue weighted by atomic mass is 16.3. The van der Waals surface area contributed by atoms with Crippen LogP contribution in [0.5, 0.6) is 11.5 Å². The molecule has 2 rings (SSSR count). The third-order valence-electron chi connectivity index (χ3n) is 4.77. The van der Waals surface area contributed by atoms with E-state index in [0.717, 1.165) is 24.0 Å². The summed E-state index contributed by atoms with van der Waals surface area (Å²) in [5.41, 5.74) is 5.10. The fourth-order valence-electron chi connectivity index (χ4n) is 2.93. The van der Waals surface area contributed by atoms with Crippen LogP contribution in [-0.4, -0.2) is 16.0 Å². The molecule has 0 heterocycles. The molecule has 0 aromatic heterocycles. The first-order valence-electron chi connectivity index (χ1n) is 9.90. The van der Waals surface area contributed by atoms with Crippen molar-refractivity contribution in [3.63, 3.8) is 0 Å². The summed E-state index contributed by atoms with van der Waals surface area (Å²) in [7, 11) is 0. The number of aryl methyl sites for hydroxylation is 1. The van der Waals surface area contributed by atoms with Crippen molar-refractivity contribution >= 4 is 11.9 Å². The summed E-state index contributed by atoms with van der Waals surface area (Å²) in [5.74, 6) is -0.458. The van der Waals surface area contributed by atoms with Crippen LogP contribution in [0, 0.1) is 6.92 Å². The molecule has 2 aromatic rings. The van der Waals surface area contributed by atoms with Gasteiger partial charge in [-0.05, 0) is 70.7 Å². The van der Waals surface area contributed by atoms with Gasteiger partial charge < -0.3 is 10.2 Å². The third-order valence-corrected chi connectivity index (χ3v) is 4.77. The van der Waals surface area contributed by atoms with Crippen molar-refractivity contribution in [1.29, 1.82) is 0 Å². The van der Waals surface area contributed by atoms with Crippen LogP contribution in [0.2, 0.25) is 0 Å². The summed E-state index contributed by atoms with van der Waals surface area (Å²) in [6.45, 7) is 8.19. The summed E-state index contributed by atoms with van der Waals surface area (Å²) >= 11 is 0. The van der Waals surface area contributed by atoms with Crippen molar-refractivity contribution in [3.05, 3.63) is 88.0 Å². The van der Waals surface area contributed by atoms with Crippen LogP contribution in [0.25, 0.3) is 6.08 Å². The molecule has 0 saturated carbocycles. The molecule has 2 aromatic carbocycles. The Bertz CT molecular complexity index is 941. The summed E-state index contributed by atoms with van der Waals surface area (Å²) in [6, 6.07) is 10.8. The van der Waals surface area contributed by atoms with Gasteiger partial charge in [-0.3, -0.25) is 4.79 Å². The minimum absolute atomic E-state index is 0.00471. The number of rotatable bonds is 8. The van der Waals surface area contributed by atoms with Gasteiger partial charge in [-0.15, -0.1) is 0 Å². The Morgan fingerprint density at radius 1 is 0.966 bits per heavy atom. The van der Waals surface area contributed by atoms with Gasteiger partial charge in [-0.1, -0.05) is 59.2 Å². The van der Waals surface area contributed by atoms with Crippen molar-refractivity contribution in [2.75, 3.05) is 0 Å². The molecular formula is C26H30O3. The molecule has 0 aliphatic heterocycles. The van der Waals surface area contributed by atoms with Crippen LogP contribution < -0.4 is 0 Å². The fourth-order valence-corrected chi connectivity index (χ4v) is 2.93. The normalized spacial score (nSPS) is 11.7. The number of carbonyl (C=O) groups is 1. The van der Waals surface area contributed by atoms with Crippen LogP contribution in [0.1, 0.15) is 60.7 Å². The molecule has 0 spiro atoms. The molecular weight excluding hydrogens is 360 g/mol. The first-order valence-corrected chi connectivity index (χ1v) is 9.90. The Balaban J connectivity index is 2.15. The lowest BCUT2D eigenvalue weighted by Gasteiger charge is -2.09. The molecule has 3 nitrogen and oxygen atoms in total. The first kappa shape index (κ1) is 22.2. The molecule has 3 heteroatoms. The van der Waals surface area contributed by atoms with Gasteiger partial charge in [-0.25, -0.2) is 0 Å². The van der Waals surface area contributed by atoms with E-state index >= 15 is 0 Å². The lowest BCUT2D eigenvalue weighted by Crippen LogP contribution is -1.98. The van der Waals surface area contributed by atoms with E-state index in [1.165, 1.54) is 29.4 Å². The summed E-state index contributed by atoms with van der Waals surface area (Å²) in [5, 5.41) is 20.7. The number of benzene rings is 2. The number of hydrogen-bond donors (Lipinski definition) is 2. The zero-order chi connectivity index (χ0) is 21.4. The van der Waals surface area contributed by atoms with Gasteiger partial charge in [0.25, 0.3) is 0 Å². The fraction of sp³-hybridized carbons (Fsp3) is 0.269. The molecule has 0 amide bonds. The standard InChI is InChI=1S/C26H30O3/c1-18(2)6-5-7-19(3)10-14-22-25(28)17-15-23(26(22)29)24(27)16-13-21-11-8-20(4)9-12-21/h6,8-13,15-17,28-29H,5,7,14H2,1-4H3/b16-13+,19-10+. The molecule has 0 bridgehead atoms. The van der Waals surface area contributed by atoms with Gasteiger partial charge in [-0.2, -0.15) is 0 Å². The van der Waals surface area contributed by atoms with Crippen LogP contribution in [0.15, 0.2) is 65.8 Å². The first-order chi connectivity index (χ1) is 13.8. The number of hydrogen-bond acceptors (Lipinski definition) is 3. The third kappa shape index (κ3) is 6.79. The molecule has 2 N–H and O–H groups in total. The van der Waals surface area contributed by atoms with Gasteiger partial charge in [0.2, 0.25) is 0 Å². The van der Waals surface area contributed by atoms with E-state index in [0.29, 0.717) is 12.0 Å². The summed E-state index contributed by atoms with van der Waals surface area (Å²) in [6.07, 6.45) is 9.61. The molecule has 29 heavy (non-hydrogen) atoms. The van der Waals surface area contributed by atoms with E-state index in [1.807, 2.05) is 44.2 Å². The molecule has 0 aliphatic carbocycles. The lowest BCUT2D eigenvalue weighted by molar-refractivity contribution is 0.104. The molecule has 0 unspecified atom stereocenters. The van der Waals surface area contributed by atoms with Crippen LogP contribution in [0.3, 0.4) is 0 Å². The molecule has 152 valence electrons. The van der Waals surface area contributed by atoms with Gasteiger partial charge in [0.15, 0.2) is 5.78 Å². The van der Waals surface area contributed by atoms with Crippen LogP contribution in [-0.2, 0) is 6.42 Å². The molecule has 0 fully saturated rings. The Morgan fingerprint density at radius 3 is 2.31 bits per heavy atom. The average molecular weight is 391 g/mol. The molecule has 0 atom stereocenters. The predicted molar refractivity (Wildman–Crippen MR) is 120 cm³/mol. The summed E-state index contributed by atoms with van der Waals surface area (Å²) in [4.78, 5) is 12.6. The van der Waals surface area contributed by atoms with E-state index in [-0.39, 0.29) is 22.8 Å². The van der Waals surface area contributed by atoms with Crippen molar-refractivity contribution in [2.24, 2.45) is 0 Å². The smallest absolute Gasteiger partial charge is 0.189 e. The SMILES string of the molecule is CC(C)=CCC/C(C)=C/Cc1c(O)ccc(C(=O)/C=C/c2ccc(C)cc2)c1O. The van der Waals surface area contributed by atoms with Gasteiger partial charge >= 0.3 is 0 Å². The van der Waals surface area contributed by atoms with E-state index in [1.54, 1.807) is 6.08 Å².